The molecular formula is C14H17N5O. The molecule has 0 aromatic carbocycles. The van der Waals surface area contributed by atoms with Crippen LogP contribution in [0, 0.1) is 6.92 Å². The first-order valence-corrected chi connectivity index (χ1v) is 6.82. The van der Waals surface area contributed by atoms with Crippen molar-refractivity contribution in [1.82, 2.24) is 24.6 Å². The first kappa shape index (κ1) is 12.8. The third-order valence-corrected chi connectivity index (χ3v) is 3.58. The number of rotatable bonds is 2. The number of likely N-dealkylation sites (tertiary alicyclic amines) is 1. The van der Waals surface area contributed by atoms with Gasteiger partial charge in [-0.3, -0.25) is 9.48 Å². The molecule has 3 rings (SSSR count). The molecule has 6 heteroatoms. The molecule has 0 radical (unpaired) electrons. The fourth-order valence-corrected chi connectivity index (χ4v) is 2.59. The minimum absolute atomic E-state index is 0.0210. The maximum absolute atomic E-state index is 12.5. The molecule has 2 aromatic heterocycles. The van der Waals surface area contributed by atoms with Crippen molar-refractivity contribution in [3.05, 3.63) is 42.2 Å². The van der Waals surface area contributed by atoms with Crippen LogP contribution in [0.5, 0.6) is 0 Å². The van der Waals surface area contributed by atoms with Crippen LogP contribution >= 0.6 is 0 Å². The van der Waals surface area contributed by atoms with Crippen LogP contribution in [0.15, 0.2) is 30.7 Å². The molecular weight excluding hydrogens is 254 g/mol. The topological polar surface area (TPSA) is 63.9 Å². The van der Waals surface area contributed by atoms with Crippen molar-refractivity contribution in [2.75, 3.05) is 13.1 Å². The summed E-state index contributed by atoms with van der Waals surface area (Å²) in [6, 6.07) is 3.84. The fourth-order valence-electron chi connectivity index (χ4n) is 2.59. The number of aromatic nitrogens is 4. The van der Waals surface area contributed by atoms with Crippen molar-refractivity contribution in [3.8, 4) is 0 Å². The van der Waals surface area contributed by atoms with Gasteiger partial charge in [0.1, 0.15) is 11.5 Å². The second-order valence-corrected chi connectivity index (χ2v) is 5.02. The lowest BCUT2D eigenvalue weighted by molar-refractivity contribution is 0.0666. The van der Waals surface area contributed by atoms with Crippen molar-refractivity contribution in [3.63, 3.8) is 0 Å². The molecule has 104 valence electrons. The van der Waals surface area contributed by atoms with Crippen LogP contribution in [0.2, 0.25) is 0 Å². The van der Waals surface area contributed by atoms with Gasteiger partial charge in [0.05, 0.1) is 6.04 Å². The number of nitrogens with zero attached hydrogens (tertiary/aromatic N) is 5. The van der Waals surface area contributed by atoms with Gasteiger partial charge < -0.3 is 4.90 Å². The molecule has 0 saturated carbocycles. The molecule has 1 saturated heterocycles. The van der Waals surface area contributed by atoms with Crippen molar-refractivity contribution in [2.24, 2.45) is 0 Å². The summed E-state index contributed by atoms with van der Waals surface area (Å²) in [5.41, 5.74) is 0.471. The van der Waals surface area contributed by atoms with E-state index in [4.69, 9.17) is 0 Å². The molecule has 1 aliphatic rings. The first-order valence-electron chi connectivity index (χ1n) is 6.82. The Morgan fingerprint density at radius 3 is 3.05 bits per heavy atom. The van der Waals surface area contributed by atoms with Gasteiger partial charge in [-0.25, -0.2) is 9.97 Å². The molecule has 1 aliphatic heterocycles. The van der Waals surface area contributed by atoms with Crippen molar-refractivity contribution in [1.29, 1.82) is 0 Å². The third kappa shape index (κ3) is 2.54. The SMILES string of the molecule is Cc1nccc(C(=O)N2CCC[C@@H](n3cccn3)C2)n1. The van der Waals surface area contributed by atoms with Crippen molar-refractivity contribution >= 4 is 5.91 Å². The number of aryl methyl sites for hydroxylation is 1. The van der Waals surface area contributed by atoms with Gasteiger partial charge in [-0.05, 0) is 31.9 Å². The smallest absolute Gasteiger partial charge is 0.272 e. The molecule has 0 unspecified atom stereocenters. The Morgan fingerprint density at radius 2 is 2.30 bits per heavy atom. The van der Waals surface area contributed by atoms with Gasteiger partial charge in [-0.2, -0.15) is 5.10 Å². The zero-order chi connectivity index (χ0) is 13.9. The highest BCUT2D eigenvalue weighted by molar-refractivity contribution is 5.92. The Kier molecular flexibility index (Phi) is 3.45. The van der Waals surface area contributed by atoms with Crippen LogP contribution in [-0.4, -0.2) is 43.6 Å². The highest BCUT2D eigenvalue weighted by Gasteiger charge is 2.26. The number of amides is 1. The van der Waals surface area contributed by atoms with Gasteiger partial charge in [0, 0.05) is 31.7 Å². The molecule has 1 fully saturated rings. The first-order chi connectivity index (χ1) is 9.74. The molecule has 1 atom stereocenters. The lowest BCUT2D eigenvalue weighted by Gasteiger charge is -2.32. The predicted octanol–water partition coefficient (Wildman–Crippen LogP) is 1.46. The second kappa shape index (κ2) is 5.40. The van der Waals surface area contributed by atoms with Crippen LogP contribution in [0.3, 0.4) is 0 Å². The van der Waals surface area contributed by atoms with Crippen LogP contribution in [0.25, 0.3) is 0 Å². The van der Waals surface area contributed by atoms with Crippen LogP contribution in [0.1, 0.15) is 35.2 Å². The number of carbonyl (C=O) groups is 1. The average Bonchev–Trinajstić information content (AvgIpc) is 3.01. The van der Waals surface area contributed by atoms with E-state index in [1.807, 2.05) is 21.8 Å². The monoisotopic (exact) mass is 271 g/mol. The number of hydrogen-bond acceptors (Lipinski definition) is 4. The fraction of sp³-hybridized carbons (Fsp3) is 0.429. The summed E-state index contributed by atoms with van der Waals surface area (Å²) in [4.78, 5) is 22.6. The number of hydrogen-bond donors (Lipinski definition) is 0. The van der Waals surface area contributed by atoms with Gasteiger partial charge >= 0.3 is 0 Å². The molecule has 0 aliphatic carbocycles. The Morgan fingerprint density at radius 1 is 1.40 bits per heavy atom. The summed E-state index contributed by atoms with van der Waals surface area (Å²) in [6.45, 7) is 3.25. The van der Waals surface area contributed by atoms with E-state index in [1.54, 1.807) is 25.4 Å². The van der Waals surface area contributed by atoms with Crippen LogP contribution in [0.4, 0.5) is 0 Å². The summed E-state index contributed by atoms with van der Waals surface area (Å²) < 4.78 is 1.94. The largest absolute Gasteiger partial charge is 0.335 e. The molecule has 2 aromatic rings. The van der Waals surface area contributed by atoms with E-state index in [9.17, 15) is 4.79 Å². The third-order valence-electron chi connectivity index (χ3n) is 3.58. The van der Waals surface area contributed by atoms with E-state index < -0.39 is 0 Å². The second-order valence-electron chi connectivity index (χ2n) is 5.02. The summed E-state index contributed by atoms with van der Waals surface area (Å²) >= 11 is 0. The van der Waals surface area contributed by atoms with Crippen molar-refractivity contribution < 1.29 is 4.79 Å². The highest BCUT2D eigenvalue weighted by atomic mass is 16.2. The van der Waals surface area contributed by atoms with Crippen LogP contribution in [-0.2, 0) is 0 Å². The lowest BCUT2D eigenvalue weighted by atomic mass is 10.1. The van der Waals surface area contributed by atoms with Crippen molar-refractivity contribution in [2.45, 2.75) is 25.8 Å². The van der Waals surface area contributed by atoms with Gasteiger partial charge in [0.2, 0.25) is 0 Å². The quantitative estimate of drug-likeness (QED) is 0.829. The molecule has 20 heavy (non-hydrogen) atoms. The van der Waals surface area contributed by atoms with E-state index in [1.165, 1.54) is 0 Å². The van der Waals surface area contributed by atoms with E-state index in [0.29, 0.717) is 18.1 Å². The molecule has 0 bridgehead atoms. The Labute approximate surface area is 117 Å². The standard InChI is InChI=1S/C14H17N5O/c1-11-15-7-5-13(17-11)14(20)18-8-2-4-12(10-18)19-9-3-6-16-19/h3,5-7,9,12H,2,4,8,10H2,1H3/t12-/m1/s1. The zero-order valence-corrected chi connectivity index (χ0v) is 11.4. The average molecular weight is 271 g/mol. The highest BCUT2D eigenvalue weighted by Crippen LogP contribution is 2.21. The molecule has 3 heterocycles. The maximum atomic E-state index is 12.5. The number of carbonyl (C=O) groups excluding carboxylic acids is 1. The molecule has 0 N–H and O–H groups in total. The zero-order valence-electron chi connectivity index (χ0n) is 11.4. The summed E-state index contributed by atoms with van der Waals surface area (Å²) in [7, 11) is 0. The summed E-state index contributed by atoms with van der Waals surface area (Å²) in [6.07, 6.45) is 7.39. The molecule has 6 nitrogen and oxygen atoms in total. The normalized spacial score (nSPS) is 19.1. The summed E-state index contributed by atoms with van der Waals surface area (Å²) in [5, 5.41) is 4.27. The molecule has 1 amide bonds. The van der Waals surface area contributed by atoms with E-state index in [-0.39, 0.29) is 11.9 Å². The lowest BCUT2D eigenvalue weighted by Crippen LogP contribution is -2.41. The molecule has 0 spiro atoms. The Bertz CT molecular complexity index is 595. The van der Waals surface area contributed by atoms with Gasteiger partial charge in [0.15, 0.2) is 0 Å². The van der Waals surface area contributed by atoms with Gasteiger partial charge in [-0.1, -0.05) is 0 Å². The van der Waals surface area contributed by atoms with Gasteiger partial charge in [0.25, 0.3) is 5.91 Å². The van der Waals surface area contributed by atoms with Crippen LogP contribution < -0.4 is 0 Å². The predicted molar refractivity (Wildman–Crippen MR) is 73.2 cm³/mol. The minimum Gasteiger partial charge on any atom is -0.335 e. The van der Waals surface area contributed by atoms with Gasteiger partial charge in [-0.15, -0.1) is 0 Å². The Hall–Kier alpha value is -2.24. The van der Waals surface area contributed by atoms with E-state index in [0.717, 1.165) is 19.4 Å². The Balaban J connectivity index is 1.75. The minimum atomic E-state index is -0.0210. The van der Waals surface area contributed by atoms with E-state index >= 15 is 0 Å². The maximum Gasteiger partial charge on any atom is 0.272 e. The summed E-state index contributed by atoms with van der Waals surface area (Å²) in [5.74, 6) is 0.601. The number of piperidine rings is 1. The van der Waals surface area contributed by atoms with E-state index in [2.05, 4.69) is 15.1 Å².